The highest BCUT2D eigenvalue weighted by Gasteiger charge is 2.04. The Balaban J connectivity index is 2.00. The van der Waals surface area contributed by atoms with Crippen molar-refractivity contribution in [1.82, 2.24) is 5.08 Å². The first kappa shape index (κ1) is 11.7. The fourth-order valence-electron chi connectivity index (χ4n) is 1.06. The number of benzene rings is 1. The molecule has 0 saturated carbocycles. The number of aromatic nitrogens is 1. The molecule has 7 heteroatoms. The zero-order valence-corrected chi connectivity index (χ0v) is 8.88. The average Bonchev–Trinajstić information content (AvgIpc) is 2.66. The molecule has 0 amide bonds. The third-order valence-corrected chi connectivity index (χ3v) is 1.82. The molecule has 0 aliphatic rings. The van der Waals surface area contributed by atoms with Crippen LogP contribution in [0.4, 0.5) is 4.39 Å². The van der Waals surface area contributed by atoms with E-state index >= 15 is 0 Å². The van der Waals surface area contributed by atoms with Crippen LogP contribution in [0, 0.1) is 17.7 Å². The van der Waals surface area contributed by atoms with Gasteiger partial charge in [0.1, 0.15) is 10.9 Å². The molecule has 0 radical (unpaired) electrons. The predicted molar refractivity (Wildman–Crippen MR) is 56.2 cm³/mol. The maximum Gasteiger partial charge on any atom is 0.449 e. The molecule has 2 aromatic rings. The third-order valence-electron chi connectivity index (χ3n) is 1.82. The summed E-state index contributed by atoms with van der Waals surface area (Å²) >= 11 is 0. The SMILES string of the molecule is O=c1on(OCC#Cc2ccccc2F)oc1=O. The molecular formula is C11H6FNO5. The van der Waals surface area contributed by atoms with E-state index in [0.29, 0.717) is 0 Å². The van der Waals surface area contributed by atoms with Crippen LogP contribution in [-0.4, -0.2) is 11.7 Å². The highest BCUT2D eigenvalue weighted by molar-refractivity contribution is 5.35. The average molecular weight is 251 g/mol. The van der Waals surface area contributed by atoms with Gasteiger partial charge in [0.25, 0.3) is 0 Å². The fraction of sp³-hybridized carbons (Fsp3) is 0.0909. The topological polar surface area (TPSA) is 74.6 Å². The number of rotatable bonds is 2. The third kappa shape index (κ3) is 2.68. The molecule has 0 aliphatic carbocycles. The van der Waals surface area contributed by atoms with Gasteiger partial charge in [-0.05, 0) is 12.1 Å². The molecule has 0 bridgehead atoms. The lowest BCUT2D eigenvalue weighted by Gasteiger charge is -1.94. The van der Waals surface area contributed by atoms with Crippen LogP contribution in [0.25, 0.3) is 0 Å². The second kappa shape index (κ2) is 5.05. The van der Waals surface area contributed by atoms with Gasteiger partial charge in [0.05, 0.1) is 5.56 Å². The highest BCUT2D eigenvalue weighted by atomic mass is 19.1. The number of hydrogen-bond acceptors (Lipinski definition) is 5. The second-order valence-corrected chi connectivity index (χ2v) is 3.04. The lowest BCUT2D eigenvalue weighted by molar-refractivity contribution is -0.135. The summed E-state index contributed by atoms with van der Waals surface area (Å²) < 4.78 is 21.5. The van der Waals surface area contributed by atoms with Gasteiger partial charge in [0.2, 0.25) is 0 Å². The van der Waals surface area contributed by atoms with E-state index in [1.54, 1.807) is 12.1 Å². The van der Waals surface area contributed by atoms with Crippen LogP contribution >= 0.6 is 0 Å². The Morgan fingerprint density at radius 1 is 1.22 bits per heavy atom. The normalized spacial score (nSPS) is 9.61. The van der Waals surface area contributed by atoms with Gasteiger partial charge in [-0.2, -0.15) is 0 Å². The molecule has 18 heavy (non-hydrogen) atoms. The van der Waals surface area contributed by atoms with Gasteiger partial charge in [-0.1, -0.05) is 24.0 Å². The molecule has 2 rings (SSSR count). The Kier molecular flexibility index (Phi) is 3.29. The van der Waals surface area contributed by atoms with E-state index in [1.807, 2.05) is 0 Å². The Morgan fingerprint density at radius 2 is 1.89 bits per heavy atom. The lowest BCUT2D eigenvalue weighted by atomic mass is 10.2. The van der Waals surface area contributed by atoms with Gasteiger partial charge in [0.15, 0.2) is 6.61 Å². The summed E-state index contributed by atoms with van der Waals surface area (Å²) in [6.45, 7) is -0.241. The summed E-state index contributed by atoms with van der Waals surface area (Å²) in [5.41, 5.74) is -2.16. The van der Waals surface area contributed by atoms with Gasteiger partial charge in [-0.15, -0.1) is 0 Å². The molecule has 1 aromatic heterocycles. The minimum atomic E-state index is -1.18. The number of halogens is 1. The quantitative estimate of drug-likeness (QED) is 0.555. The molecule has 1 aromatic carbocycles. The van der Waals surface area contributed by atoms with Crippen molar-refractivity contribution in [3.05, 3.63) is 56.5 Å². The zero-order valence-electron chi connectivity index (χ0n) is 8.88. The molecule has 1 heterocycles. The first-order valence-corrected chi connectivity index (χ1v) is 4.77. The van der Waals surface area contributed by atoms with Gasteiger partial charge >= 0.3 is 11.3 Å². The van der Waals surface area contributed by atoms with Crippen LogP contribution in [0.5, 0.6) is 0 Å². The van der Waals surface area contributed by atoms with E-state index in [1.165, 1.54) is 12.1 Å². The van der Waals surface area contributed by atoms with Crippen molar-refractivity contribution >= 4 is 0 Å². The lowest BCUT2D eigenvalue weighted by Crippen LogP contribution is -2.14. The van der Waals surface area contributed by atoms with Gasteiger partial charge in [0, 0.05) is 0 Å². The predicted octanol–water partition coefficient (Wildman–Crippen LogP) is 0.0139. The zero-order chi connectivity index (χ0) is 13.0. The van der Waals surface area contributed by atoms with Crippen molar-refractivity contribution in [2.24, 2.45) is 0 Å². The molecule has 0 unspecified atom stereocenters. The van der Waals surface area contributed by atoms with E-state index < -0.39 is 17.1 Å². The van der Waals surface area contributed by atoms with E-state index in [2.05, 4.69) is 25.7 Å². The smallest absolute Gasteiger partial charge is 0.344 e. The molecule has 0 spiro atoms. The van der Waals surface area contributed by atoms with E-state index in [9.17, 15) is 14.0 Å². The van der Waals surface area contributed by atoms with Crippen molar-refractivity contribution in [1.29, 1.82) is 0 Å². The number of nitrogens with zero attached hydrogens (tertiary/aromatic N) is 1. The standard InChI is InChI=1S/C11H6FNO5/c12-9-6-2-1-4-8(9)5-3-7-16-13-17-10(14)11(15)18-13/h1-2,4,6H,7H2. The van der Waals surface area contributed by atoms with Gasteiger partial charge < -0.3 is 4.84 Å². The molecule has 0 fully saturated rings. The van der Waals surface area contributed by atoms with Crippen molar-refractivity contribution in [2.45, 2.75) is 0 Å². The van der Waals surface area contributed by atoms with E-state index in [4.69, 9.17) is 0 Å². The molecule has 0 saturated heterocycles. The van der Waals surface area contributed by atoms with Crippen molar-refractivity contribution < 1.29 is 18.3 Å². The van der Waals surface area contributed by atoms with Crippen LogP contribution in [0.15, 0.2) is 42.9 Å². The molecule has 6 nitrogen and oxygen atoms in total. The van der Waals surface area contributed by atoms with Crippen molar-refractivity contribution in [3.63, 3.8) is 0 Å². The summed E-state index contributed by atoms with van der Waals surface area (Å²) in [7, 11) is 0. The Hall–Kier alpha value is -2.75. The maximum absolute atomic E-state index is 13.1. The number of hydrogen-bond donors (Lipinski definition) is 0. The molecular weight excluding hydrogens is 245 g/mol. The Labute approximate surface area is 99.1 Å². The van der Waals surface area contributed by atoms with Crippen LogP contribution < -0.4 is 16.1 Å². The first-order chi connectivity index (χ1) is 8.66. The molecule has 0 N–H and O–H groups in total. The van der Waals surface area contributed by atoms with E-state index in [0.717, 1.165) is 0 Å². The summed E-state index contributed by atoms with van der Waals surface area (Å²) in [5.74, 6) is 4.51. The van der Waals surface area contributed by atoms with E-state index in [-0.39, 0.29) is 17.2 Å². The summed E-state index contributed by atoms with van der Waals surface area (Å²) in [6, 6.07) is 5.95. The highest BCUT2D eigenvalue weighted by Crippen LogP contribution is 2.03. The molecule has 0 atom stereocenters. The van der Waals surface area contributed by atoms with Crippen LogP contribution in [-0.2, 0) is 0 Å². The van der Waals surface area contributed by atoms with Crippen LogP contribution in [0.1, 0.15) is 5.56 Å². The molecule has 92 valence electrons. The van der Waals surface area contributed by atoms with Crippen molar-refractivity contribution in [3.8, 4) is 11.8 Å². The van der Waals surface area contributed by atoms with Crippen LogP contribution in [0.3, 0.4) is 0 Å². The Morgan fingerprint density at radius 3 is 2.56 bits per heavy atom. The minimum absolute atomic E-state index is 0.205. The Bertz CT molecular complexity index is 688. The molecule has 0 aliphatic heterocycles. The fourth-order valence-corrected chi connectivity index (χ4v) is 1.06. The van der Waals surface area contributed by atoms with Crippen LogP contribution in [0.2, 0.25) is 0 Å². The van der Waals surface area contributed by atoms with Gasteiger partial charge in [-0.25, -0.2) is 14.0 Å². The minimum Gasteiger partial charge on any atom is -0.344 e. The summed E-state index contributed by atoms with van der Waals surface area (Å²) in [4.78, 5) is 25.8. The largest absolute Gasteiger partial charge is 0.449 e. The van der Waals surface area contributed by atoms with Gasteiger partial charge in [-0.3, -0.25) is 9.05 Å². The maximum atomic E-state index is 13.1. The second-order valence-electron chi connectivity index (χ2n) is 3.04. The first-order valence-electron chi connectivity index (χ1n) is 4.77. The monoisotopic (exact) mass is 251 g/mol. The van der Waals surface area contributed by atoms with Crippen molar-refractivity contribution in [2.75, 3.05) is 6.61 Å². The summed E-state index contributed by atoms with van der Waals surface area (Å²) in [6.07, 6.45) is 0. The summed E-state index contributed by atoms with van der Waals surface area (Å²) in [5, 5.41) is 0.251.